The van der Waals surface area contributed by atoms with Crippen LogP contribution in [0.3, 0.4) is 0 Å². The van der Waals surface area contributed by atoms with Crippen molar-refractivity contribution < 1.29 is 23.7 Å². The summed E-state index contributed by atoms with van der Waals surface area (Å²) < 4.78 is 24.9. The summed E-state index contributed by atoms with van der Waals surface area (Å²) in [5, 5.41) is 0. The molecule has 1 unspecified atom stereocenters. The van der Waals surface area contributed by atoms with E-state index in [-0.39, 0.29) is 42.8 Å². The van der Waals surface area contributed by atoms with E-state index in [0.29, 0.717) is 36.8 Å². The van der Waals surface area contributed by atoms with E-state index >= 15 is 0 Å². The van der Waals surface area contributed by atoms with Gasteiger partial charge in [-0.1, -0.05) is 12.1 Å². The van der Waals surface area contributed by atoms with Crippen molar-refractivity contribution in [1.29, 1.82) is 0 Å². The number of rotatable bonds is 7. The van der Waals surface area contributed by atoms with Gasteiger partial charge >= 0.3 is 5.69 Å². The molecule has 36 heavy (non-hydrogen) atoms. The summed E-state index contributed by atoms with van der Waals surface area (Å²) in [4.78, 5) is 30.7. The minimum absolute atomic E-state index is 0.0250. The normalized spacial score (nSPS) is 15.6. The van der Waals surface area contributed by atoms with E-state index in [0.717, 1.165) is 16.8 Å². The van der Waals surface area contributed by atoms with E-state index in [9.17, 15) is 9.59 Å². The number of para-hydroxylation sites is 2. The number of carbonyl (C=O) groups excluding carboxylic acids is 1. The van der Waals surface area contributed by atoms with Crippen molar-refractivity contribution in [1.82, 2.24) is 14.5 Å². The Kier molecular flexibility index (Phi) is 6.54. The van der Waals surface area contributed by atoms with Gasteiger partial charge in [-0.25, -0.2) is 4.79 Å². The Morgan fingerprint density at radius 1 is 1.17 bits per heavy atom. The lowest BCUT2D eigenvalue weighted by atomic mass is 9.97. The van der Waals surface area contributed by atoms with Crippen molar-refractivity contribution in [2.24, 2.45) is 0 Å². The van der Waals surface area contributed by atoms with Crippen molar-refractivity contribution in [3.05, 3.63) is 64.6 Å². The molecule has 0 radical (unpaired) electrons. The summed E-state index contributed by atoms with van der Waals surface area (Å²) in [5.41, 5.74) is 2.32. The number of aromatic nitrogens is 2. The molecule has 0 spiro atoms. The predicted octanol–water partition coefficient (Wildman–Crippen LogP) is 2.93. The molecule has 3 heterocycles. The minimum Gasteiger partial charge on any atom is -0.486 e. The van der Waals surface area contributed by atoms with Crippen LogP contribution in [-0.2, 0) is 17.8 Å². The first-order valence-electron chi connectivity index (χ1n) is 12.0. The molecule has 2 aliphatic rings. The van der Waals surface area contributed by atoms with Crippen molar-refractivity contribution in [2.75, 3.05) is 26.9 Å². The number of ether oxygens (including phenoxy) is 4. The molecular formula is C27H29N3O6. The third-order valence-electron chi connectivity index (χ3n) is 6.46. The highest BCUT2D eigenvalue weighted by atomic mass is 16.6. The largest absolute Gasteiger partial charge is 0.486 e. The topological polar surface area (TPSA) is 92.1 Å². The number of hydrogen-bond acceptors (Lipinski definition) is 7. The van der Waals surface area contributed by atoms with Crippen LogP contribution in [0.5, 0.6) is 23.1 Å². The Labute approximate surface area is 209 Å². The zero-order valence-electron chi connectivity index (χ0n) is 20.6. The monoisotopic (exact) mass is 491 g/mol. The van der Waals surface area contributed by atoms with Gasteiger partial charge in [0.25, 0.3) is 5.91 Å². The number of amides is 1. The average Bonchev–Trinajstić information content (AvgIpc) is 2.89. The van der Waals surface area contributed by atoms with Crippen molar-refractivity contribution in [3.63, 3.8) is 0 Å². The maximum atomic E-state index is 12.7. The van der Waals surface area contributed by atoms with Gasteiger partial charge in [-0.3, -0.25) is 9.36 Å². The third-order valence-corrected chi connectivity index (χ3v) is 6.46. The van der Waals surface area contributed by atoms with Crippen LogP contribution in [0.4, 0.5) is 0 Å². The van der Waals surface area contributed by atoms with Crippen LogP contribution in [0.15, 0.2) is 53.3 Å². The fraction of sp³-hybridized carbons (Fsp3) is 0.370. The number of carbonyl (C=O) groups is 1. The lowest BCUT2D eigenvalue weighted by molar-refractivity contribution is -0.133. The first kappa shape index (κ1) is 23.7. The zero-order valence-corrected chi connectivity index (χ0v) is 20.6. The number of fused-ring (bicyclic) bond motifs is 4. The molecule has 1 atom stereocenters. The van der Waals surface area contributed by atoms with Crippen LogP contribution < -0.4 is 24.6 Å². The van der Waals surface area contributed by atoms with E-state index in [4.69, 9.17) is 18.9 Å². The van der Waals surface area contributed by atoms with Crippen molar-refractivity contribution >= 4 is 5.91 Å². The molecule has 0 N–H and O–H groups in total. The Hall–Kier alpha value is -4.01. The molecule has 9 heteroatoms. The second-order valence-electron chi connectivity index (χ2n) is 9.18. The van der Waals surface area contributed by atoms with Gasteiger partial charge < -0.3 is 23.8 Å². The minimum atomic E-state index is -0.359. The summed E-state index contributed by atoms with van der Waals surface area (Å²) >= 11 is 0. The Morgan fingerprint density at radius 2 is 1.97 bits per heavy atom. The highest BCUT2D eigenvalue weighted by Gasteiger charge is 2.23. The second-order valence-corrected chi connectivity index (χ2v) is 9.18. The van der Waals surface area contributed by atoms with Crippen molar-refractivity contribution in [3.8, 4) is 34.4 Å². The zero-order chi connectivity index (χ0) is 25.2. The van der Waals surface area contributed by atoms with Gasteiger partial charge in [0.05, 0.1) is 5.69 Å². The smallest absolute Gasteiger partial charge is 0.351 e. The van der Waals surface area contributed by atoms with Crippen molar-refractivity contribution in [2.45, 2.75) is 39.0 Å². The molecule has 3 aromatic rings. The standard InChI is InChI=1S/C27H29N3O6/c1-17(2)29(3)26(31)16-33-19-8-9-21-18(12-19)10-11-30-22(21)13-25(28-27(30)32)35-15-20-14-34-23-6-4-5-7-24(23)36-20/h4-9,12-13,17,20H,10-11,14-16H2,1-3H3. The summed E-state index contributed by atoms with van der Waals surface area (Å²) in [5.74, 6) is 2.15. The summed E-state index contributed by atoms with van der Waals surface area (Å²) in [7, 11) is 1.76. The molecule has 0 bridgehead atoms. The highest BCUT2D eigenvalue weighted by molar-refractivity contribution is 5.77. The number of aryl methyl sites for hydroxylation is 1. The SMILES string of the molecule is CC(C)N(C)C(=O)COc1ccc2c(c1)CCn1c-2cc(OCC2COc3ccccc3O2)nc1=O. The molecule has 2 aromatic carbocycles. The number of nitrogens with zero attached hydrogens (tertiary/aromatic N) is 3. The molecule has 0 saturated heterocycles. The fourth-order valence-corrected chi connectivity index (χ4v) is 4.21. The van der Waals surface area contributed by atoms with E-state index < -0.39 is 0 Å². The van der Waals surface area contributed by atoms with E-state index in [1.165, 1.54) is 0 Å². The van der Waals surface area contributed by atoms with Gasteiger partial charge in [0, 0.05) is 31.3 Å². The molecule has 1 amide bonds. The molecule has 0 fully saturated rings. The Morgan fingerprint density at radius 3 is 2.78 bits per heavy atom. The summed E-state index contributed by atoms with van der Waals surface area (Å²) in [6.45, 7) is 4.94. The van der Waals surface area contributed by atoms with Crippen LogP contribution in [0, 0.1) is 0 Å². The van der Waals surface area contributed by atoms with Crippen LogP contribution >= 0.6 is 0 Å². The van der Waals surface area contributed by atoms with Gasteiger partial charge in [0.2, 0.25) is 5.88 Å². The Bertz CT molecular complexity index is 1340. The highest BCUT2D eigenvalue weighted by Crippen LogP contribution is 2.33. The molecule has 9 nitrogen and oxygen atoms in total. The molecule has 2 aliphatic heterocycles. The fourth-order valence-electron chi connectivity index (χ4n) is 4.21. The molecule has 1 aromatic heterocycles. The van der Waals surface area contributed by atoms with Gasteiger partial charge in [-0.2, -0.15) is 4.98 Å². The lowest BCUT2D eigenvalue weighted by Crippen LogP contribution is -2.36. The molecular weight excluding hydrogens is 462 g/mol. The quantitative estimate of drug-likeness (QED) is 0.502. The molecule has 0 saturated carbocycles. The molecule has 188 valence electrons. The van der Waals surface area contributed by atoms with Gasteiger partial charge in [0.15, 0.2) is 24.2 Å². The predicted molar refractivity (Wildman–Crippen MR) is 133 cm³/mol. The maximum absolute atomic E-state index is 12.7. The van der Waals surface area contributed by atoms with Crippen LogP contribution in [0.2, 0.25) is 0 Å². The van der Waals surface area contributed by atoms with E-state index in [1.54, 1.807) is 22.6 Å². The number of hydrogen-bond donors (Lipinski definition) is 0. The van der Waals surface area contributed by atoms with Crippen LogP contribution in [0.25, 0.3) is 11.3 Å². The maximum Gasteiger partial charge on any atom is 0.351 e. The number of likely N-dealkylation sites (N-methyl/N-ethyl adjacent to an activating group) is 1. The second kappa shape index (κ2) is 9.93. The Balaban J connectivity index is 1.29. The summed E-state index contributed by atoms with van der Waals surface area (Å²) in [6.07, 6.45) is 0.346. The van der Waals surface area contributed by atoms with Gasteiger partial charge in [0.1, 0.15) is 19.0 Å². The summed E-state index contributed by atoms with van der Waals surface area (Å²) in [6, 6.07) is 15.0. The number of benzene rings is 2. The van der Waals surface area contributed by atoms with E-state index in [2.05, 4.69) is 4.98 Å². The van der Waals surface area contributed by atoms with Gasteiger partial charge in [-0.05, 0) is 56.2 Å². The molecule has 5 rings (SSSR count). The molecule has 0 aliphatic carbocycles. The van der Waals surface area contributed by atoms with Crippen LogP contribution in [-0.4, -0.2) is 59.4 Å². The lowest BCUT2D eigenvalue weighted by Gasteiger charge is -2.26. The van der Waals surface area contributed by atoms with E-state index in [1.807, 2.05) is 56.3 Å². The third kappa shape index (κ3) is 4.86. The first-order chi connectivity index (χ1) is 17.4. The first-order valence-corrected chi connectivity index (χ1v) is 12.0. The van der Waals surface area contributed by atoms with Crippen LogP contribution in [0.1, 0.15) is 19.4 Å². The van der Waals surface area contributed by atoms with Gasteiger partial charge in [-0.15, -0.1) is 0 Å². The average molecular weight is 492 g/mol.